The molecule has 1 N–H and O–H groups in total. The standard InChI is InChI=1S/C11H12BrIO/c12-8-3-4-10(13)9(6-8)11(14)5-7-1-2-7/h3-4,6-7,11,14H,1-2,5H2. The number of hydrogen-bond acceptors (Lipinski definition) is 1. The maximum absolute atomic E-state index is 10.0. The normalized spacial score (nSPS) is 18.2. The molecule has 1 aromatic carbocycles. The Hall–Kier alpha value is 0.390. The van der Waals surface area contributed by atoms with E-state index in [2.05, 4.69) is 38.5 Å². The minimum atomic E-state index is -0.285. The van der Waals surface area contributed by atoms with Crippen LogP contribution in [0.15, 0.2) is 22.7 Å². The topological polar surface area (TPSA) is 20.2 Å². The zero-order chi connectivity index (χ0) is 10.1. The highest BCUT2D eigenvalue weighted by molar-refractivity contribution is 14.1. The molecule has 1 nitrogen and oxygen atoms in total. The van der Waals surface area contributed by atoms with Crippen molar-refractivity contribution in [3.63, 3.8) is 0 Å². The van der Waals surface area contributed by atoms with E-state index in [0.717, 1.165) is 25.9 Å². The van der Waals surface area contributed by atoms with E-state index in [1.807, 2.05) is 18.2 Å². The van der Waals surface area contributed by atoms with Gasteiger partial charge >= 0.3 is 0 Å². The smallest absolute Gasteiger partial charge is 0.0803 e. The van der Waals surface area contributed by atoms with Gasteiger partial charge in [-0.1, -0.05) is 28.8 Å². The van der Waals surface area contributed by atoms with E-state index in [4.69, 9.17) is 0 Å². The molecule has 0 bridgehead atoms. The maximum atomic E-state index is 10.0. The number of hydrogen-bond donors (Lipinski definition) is 1. The Morgan fingerprint density at radius 2 is 2.21 bits per heavy atom. The number of aliphatic hydroxyl groups excluding tert-OH is 1. The summed E-state index contributed by atoms with van der Waals surface area (Å²) in [6.07, 6.45) is 3.22. The van der Waals surface area contributed by atoms with Crippen LogP contribution in [0.5, 0.6) is 0 Å². The minimum absolute atomic E-state index is 0.285. The van der Waals surface area contributed by atoms with Crippen molar-refractivity contribution in [2.75, 3.05) is 0 Å². The lowest BCUT2D eigenvalue weighted by atomic mass is 10.0. The Labute approximate surface area is 106 Å². The van der Waals surface area contributed by atoms with Crippen LogP contribution in [0.25, 0.3) is 0 Å². The lowest BCUT2D eigenvalue weighted by molar-refractivity contribution is 0.159. The van der Waals surface area contributed by atoms with Crippen LogP contribution in [-0.4, -0.2) is 5.11 Å². The summed E-state index contributed by atoms with van der Waals surface area (Å²) in [5.41, 5.74) is 1.06. The van der Waals surface area contributed by atoms with Gasteiger partial charge in [0.15, 0.2) is 0 Å². The van der Waals surface area contributed by atoms with Gasteiger partial charge in [-0.25, -0.2) is 0 Å². The molecule has 1 aromatic rings. The van der Waals surface area contributed by atoms with E-state index in [0.29, 0.717) is 0 Å². The van der Waals surface area contributed by atoms with E-state index in [1.165, 1.54) is 12.8 Å². The summed E-state index contributed by atoms with van der Waals surface area (Å²) in [5, 5.41) is 10.0. The van der Waals surface area contributed by atoms with E-state index < -0.39 is 0 Å². The second-order valence-electron chi connectivity index (χ2n) is 3.86. The molecule has 1 saturated carbocycles. The quantitative estimate of drug-likeness (QED) is 0.804. The predicted molar refractivity (Wildman–Crippen MR) is 69.2 cm³/mol. The summed E-state index contributed by atoms with van der Waals surface area (Å²) in [6.45, 7) is 0. The molecule has 0 saturated heterocycles. The fourth-order valence-electron chi connectivity index (χ4n) is 1.57. The summed E-state index contributed by atoms with van der Waals surface area (Å²) in [4.78, 5) is 0. The van der Waals surface area contributed by atoms with Gasteiger partial charge in [0, 0.05) is 8.04 Å². The van der Waals surface area contributed by atoms with Gasteiger partial charge in [-0.3, -0.25) is 0 Å². The third kappa shape index (κ3) is 2.70. The van der Waals surface area contributed by atoms with Crippen molar-refractivity contribution in [3.05, 3.63) is 31.8 Å². The minimum Gasteiger partial charge on any atom is -0.388 e. The molecule has 0 heterocycles. The summed E-state index contributed by atoms with van der Waals surface area (Å²) in [5.74, 6) is 0.764. The molecule has 0 radical (unpaired) electrons. The summed E-state index contributed by atoms with van der Waals surface area (Å²) >= 11 is 5.71. The van der Waals surface area contributed by atoms with Crippen molar-refractivity contribution >= 4 is 38.5 Å². The van der Waals surface area contributed by atoms with Crippen molar-refractivity contribution in [2.45, 2.75) is 25.4 Å². The molecule has 1 atom stereocenters. The average Bonchev–Trinajstić information content (AvgIpc) is 2.93. The fraction of sp³-hybridized carbons (Fsp3) is 0.455. The zero-order valence-electron chi connectivity index (χ0n) is 7.71. The van der Waals surface area contributed by atoms with Gasteiger partial charge in [-0.2, -0.15) is 0 Å². The van der Waals surface area contributed by atoms with Gasteiger partial charge in [0.2, 0.25) is 0 Å². The van der Waals surface area contributed by atoms with Crippen LogP contribution in [0.4, 0.5) is 0 Å². The zero-order valence-corrected chi connectivity index (χ0v) is 11.5. The first kappa shape index (κ1) is 10.9. The average molecular weight is 367 g/mol. The fourth-order valence-corrected chi connectivity index (χ4v) is 2.64. The van der Waals surface area contributed by atoms with Gasteiger partial charge in [-0.05, 0) is 58.7 Å². The van der Waals surface area contributed by atoms with Crippen molar-refractivity contribution in [1.29, 1.82) is 0 Å². The molecule has 0 amide bonds. The molecular formula is C11H12BrIO. The molecule has 1 aliphatic carbocycles. The molecule has 1 unspecified atom stereocenters. The number of halogens is 2. The van der Waals surface area contributed by atoms with E-state index in [9.17, 15) is 5.11 Å². The Kier molecular flexibility index (Phi) is 3.50. The van der Waals surface area contributed by atoms with E-state index in [1.54, 1.807) is 0 Å². The van der Waals surface area contributed by atoms with Crippen LogP contribution in [0.2, 0.25) is 0 Å². The highest BCUT2D eigenvalue weighted by Gasteiger charge is 2.25. The number of benzene rings is 1. The summed E-state index contributed by atoms with van der Waals surface area (Å²) < 4.78 is 2.20. The Morgan fingerprint density at radius 3 is 2.86 bits per heavy atom. The second kappa shape index (κ2) is 4.49. The highest BCUT2D eigenvalue weighted by Crippen LogP contribution is 2.38. The molecule has 0 spiro atoms. The lowest BCUT2D eigenvalue weighted by Crippen LogP contribution is -2.01. The molecule has 76 valence electrons. The van der Waals surface area contributed by atoms with Gasteiger partial charge in [0.1, 0.15) is 0 Å². The monoisotopic (exact) mass is 366 g/mol. The number of aliphatic hydroxyl groups is 1. The van der Waals surface area contributed by atoms with Gasteiger partial charge in [0.05, 0.1) is 6.10 Å². The maximum Gasteiger partial charge on any atom is 0.0803 e. The van der Waals surface area contributed by atoms with Crippen molar-refractivity contribution in [2.24, 2.45) is 5.92 Å². The van der Waals surface area contributed by atoms with Crippen LogP contribution in [0.3, 0.4) is 0 Å². The molecule has 0 aromatic heterocycles. The van der Waals surface area contributed by atoms with Crippen LogP contribution >= 0.6 is 38.5 Å². The van der Waals surface area contributed by atoms with E-state index >= 15 is 0 Å². The highest BCUT2D eigenvalue weighted by atomic mass is 127. The lowest BCUT2D eigenvalue weighted by Gasteiger charge is -2.12. The van der Waals surface area contributed by atoms with Crippen molar-refractivity contribution < 1.29 is 5.11 Å². The molecule has 0 aliphatic heterocycles. The molecule has 14 heavy (non-hydrogen) atoms. The molecular weight excluding hydrogens is 355 g/mol. The van der Waals surface area contributed by atoms with E-state index in [-0.39, 0.29) is 6.10 Å². The van der Waals surface area contributed by atoms with Gasteiger partial charge in [-0.15, -0.1) is 0 Å². The largest absolute Gasteiger partial charge is 0.388 e. The Morgan fingerprint density at radius 1 is 1.50 bits per heavy atom. The Balaban J connectivity index is 2.15. The third-order valence-corrected chi connectivity index (χ3v) is 4.05. The Bertz CT molecular complexity index is 336. The molecule has 1 fully saturated rings. The molecule has 3 heteroatoms. The first-order valence-electron chi connectivity index (χ1n) is 4.80. The summed E-state index contributed by atoms with van der Waals surface area (Å²) in [7, 11) is 0. The predicted octanol–water partition coefficient (Wildman–Crippen LogP) is 3.89. The second-order valence-corrected chi connectivity index (χ2v) is 5.94. The molecule has 1 aliphatic rings. The van der Waals surface area contributed by atoms with Crippen molar-refractivity contribution in [1.82, 2.24) is 0 Å². The SMILES string of the molecule is OC(CC1CC1)c1cc(Br)ccc1I. The molecule has 2 rings (SSSR count). The third-order valence-electron chi connectivity index (χ3n) is 2.57. The van der Waals surface area contributed by atoms with Gasteiger partial charge in [0.25, 0.3) is 0 Å². The van der Waals surface area contributed by atoms with Crippen LogP contribution in [0, 0.1) is 9.49 Å². The van der Waals surface area contributed by atoms with Crippen LogP contribution in [-0.2, 0) is 0 Å². The van der Waals surface area contributed by atoms with Crippen LogP contribution in [0.1, 0.15) is 30.9 Å². The first-order chi connectivity index (χ1) is 6.66. The first-order valence-corrected chi connectivity index (χ1v) is 6.67. The summed E-state index contributed by atoms with van der Waals surface area (Å²) in [6, 6.07) is 6.07. The van der Waals surface area contributed by atoms with Crippen LogP contribution < -0.4 is 0 Å². The van der Waals surface area contributed by atoms with Crippen molar-refractivity contribution in [3.8, 4) is 0 Å². The number of rotatable bonds is 3. The van der Waals surface area contributed by atoms with Gasteiger partial charge < -0.3 is 5.11 Å².